The Hall–Kier alpha value is -7.26. The molecule has 0 saturated carbocycles. The molecule has 0 radical (unpaired) electrons. The standard InChI is InChI=1S/C27H24N4O3S2.C24H21NO4/c28-23(15-14-17-8-2-1-3-9-17)24(32)31(25-29-30-26(35)36-25)27(33)34-16-22-20-12-6-4-10-18(20)19-11-5-7-13-21(19)22;26-23(27)22(14-16-8-2-1-3-9-16)25-24(28)29-15-21-19-12-6-4-10-17(19)18-11-5-7-13-20(18)21/h1-13,22-23H,14-16,28H2,(H,30,35);1-13,21-22H,14-15H2,(H,25,28)(H,26,27)/t23-;22-/m00/s1. The van der Waals surface area contributed by atoms with Crippen LogP contribution < -0.4 is 16.0 Å². The highest BCUT2D eigenvalue weighted by Gasteiger charge is 2.35. The lowest BCUT2D eigenvalue weighted by Gasteiger charge is -2.22. The van der Waals surface area contributed by atoms with Crippen LogP contribution >= 0.6 is 23.6 Å². The molecule has 9 rings (SSSR count). The molecule has 1 heterocycles. The molecule has 0 bridgehead atoms. The molecule has 0 unspecified atom stereocenters. The van der Waals surface area contributed by atoms with Crippen molar-refractivity contribution in [1.82, 2.24) is 15.5 Å². The topological polar surface area (TPSA) is 177 Å². The summed E-state index contributed by atoms with van der Waals surface area (Å²) < 4.78 is 11.5. The molecule has 14 heteroatoms. The number of nitrogens with one attached hydrogen (secondary N) is 2. The number of aliphatic carboxylic acids is 1. The van der Waals surface area contributed by atoms with Crippen LogP contribution in [0.5, 0.6) is 0 Å². The Kier molecular flexibility index (Phi) is 14.0. The number of ether oxygens (including phenoxy) is 2. The lowest BCUT2D eigenvalue weighted by atomic mass is 9.98. The quantitative estimate of drug-likeness (QED) is 0.0815. The Morgan fingerprint density at radius 3 is 1.58 bits per heavy atom. The minimum atomic E-state index is -1.10. The van der Waals surface area contributed by atoms with E-state index in [4.69, 9.17) is 27.4 Å². The normalized spacial score (nSPS) is 13.1. The van der Waals surface area contributed by atoms with Crippen molar-refractivity contribution in [2.75, 3.05) is 18.1 Å². The smallest absolute Gasteiger partial charge is 0.423 e. The number of nitrogens with zero attached hydrogens (tertiary/aromatic N) is 2. The number of amides is 3. The van der Waals surface area contributed by atoms with Crippen LogP contribution in [0.4, 0.5) is 14.7 Å². The van der Waals surface area contributed by atoms with E-state index in [1.807, 2.05) is 133 Å². The predicted octanol–water partition coefficient (Wildman–Crippen LogP) is 9.66. The van der Waals surface area contributed by atoms with Crippen LogP contribution in [0.15, 0.2) is 158 Å². The van der Waals surface area contributed by atoms with E-state index in [1.54, 1.807) is 0 Å². The lowest BCUT2D eigenvalue weighted by Crippen LogP contribution is -2.47. The van der Waals surface area contributed by atoms with Crippen LogP contribution in [0, 0.1) is 3.95 Å². The summed E-state index contributed by atoms with van der Waals surface area (Å²) in [4.78, 5) is 51.4. The first kappa shape index (κ1) is 44.4. The maximum Gasteiger partial charge on any atom is 0.423 e. The van der Waals surface area contributed by atoms with Gasteiger partial charge in [-0.3, -0.25) is 9.89 Å². The minimum Gasteiger partial charge on any atom is -0.480 e. The number of imide groups is 1. The number of benzene rings is 6. The summed E-state index contributed by atoms with van der Waals surface area (Å²) in [6.45, 7) is 0.225. The van der Waals surface area contributed by atoms with Gasteiger partial charge in [0.1, 0.15) is 19.3 Å². The molecule has 0 saturated heterocycles. The van der Waals surface area contributed by atoms with E-state index >= 15 is 0 Å². The predicted molar refractivity (Wildman–Crippen MR) is 252 cm³/mol. The Labute approximate surface area is 384 Å². The number of hydrogen-bond acceptors (Lipinski definition) is 10. The van der Waals surface area contributed by atoms with Crippen molar-refractivity contribution < 1.29 is 33.8 Å². The molecule has 65 heavy (non-hydrogen) atoms. The molecular weight excluding hydrogens is 859 g/mol. The number of alkyl carbamates (subject to hydrolysis) is 1. The van der Waals surface area contributed by atoms with Gasteiger partial charge in [0.2, 0.25) is 5.13 Å². The highest BCUT2D eigenvalue weighted by Crippen LogP contribution is 2.45. The van der Waals surface area contributed by atoms with Gasteiger partial charge in [-0.15, -0.1) is 5.10 Å². The minimum absolute atomic E-state index is 0.0643. The third kappa shape index (κ3) is 10.3. The Bertz CT molecular complexity index is 2780. The SMILES string of the molecule is N[C@@H](CCc1ccccc1)C(=O)N(C(=O)OCC1c2ccccc2-c2ccccc21)c1n[nH]c(=S)s1.O=C(N[C@@H](Cc1ccccc1)C(=O)O)OCC1c2ccccc2-c2ccccc21. The molecule has 1 aromatic heterocycles. The maximum absolute atomic E-state index is 13.3. The van der Waals surface area contributed by atoms with Crippen molar-refractivity contribution >= 4 is 52.7 Å². The number of carboxylic acid groups (broad SMARTS) is 1. The van der Waals surface area contributed by atoms with Crippen LogP contribution in [0.25, 0.3) is 22.3 Å². The van der Waals surface area contributed by atoms with Gasteiger partial charge < -0.3 is 25.6 Å². The number of aromatic amines is 1. The van der Waals surface area contributed by atoms with Crippen molar-refractivity contribution in [2.24, 2.45) is 5.73 Å². The fraction of sp³-hybridized carbons (Fsp3) is 0.176. The molecule has 2 aliphatic carbocycles. The average molecular weight is 904 g/mol. The van der Waals surface area contributed by atoms with Crippen molar-refractivity contribution in [2.45, 2.75) is 43.2 Å². The second-order valence-corrected chi connectivity index (χ2v) is 17.2. The van der Waals surface area contributed by atoms with E-state index in [9.17, 15) is 24.3 Å². The number of nitrogens with two attached hydrogens (primary N) is 1. The fourth-order valence-electron chi connectivity index (χ4n) is 8.33. The van der Waals surface area contributed by atoms with E-state index in [-0.39, 0.29) is 36.6 Å². The number of carboxylic acids is 1. The first-order valence-corrected chi connectivity index (χ1v) is 22.3. The molecule has 0 aliphatic heterocycles. The summed E-state index contributed by atoms with van der Waals surface area (Å²) in [5.41, 5.74) is 17.0. The Morgan fingerprint density at radius 1 is 0.677 bits per heavy atom. The van der Waals surface area contributed by atoms with Gasteiger partial charge in [0, 0.05) is 18.3 Å². The highest BCUT2D eigenvalue weighted by atomic mass is 32.1. The summed E-state index contributed by atoms with van der Waals surface area (Å²) in [7, 11) is 0. The monoisotopic (exact) mass is 903 g/mol. The number of anilines is 1. The maximum atomic E-state index is 13.3. The molecule has 0 spiro atoms. The number of hydrogen-bond donors (Lipinski definition) is 4. The first-order chi connectivity index (χ1) is 31.7. The van der Waals surface area contributed by atoms with Gasteiger partial charge in [-0.1, -0.05) is 169 Å². The van der Waals surface area contributed by atoms with Gasteiger partial charge >= 0.3 is 18.2 Å². The molecular formula is C51H45N5O7S2. The fourth-order valence-corrected chi connectivity index (χ4v) is 9.20. The molecule has 3 amide bonds. The third-order valence-electron chi connectivity index (χ3n) is 11.5. The summed E-state index contributed by atoms with van der Waals surface area (Å²) in [5, 5.41) is 18.7. The summed E-state index contributed by atoms with van der Waals surface area (Å²) >= 11 is 6.14. The largest absolute Gasteiger partial charge is 0.480 e. The van der Waals surface area contributed by atoms with Crippen LogP contribution in [0.1, 0.15) is 51.6 Å². The van der Waals surface area contributed by atoms with Gasteiger partial charge in [-0.05, 0) is 80.7 Å². The van der Waals surface area contributed by atoms with E-state index in [2.05, 4.69) is 39.8 Å². The van der Waals surface area contributed by atoms with E-state index in [1.165, 1.54) is 0 Å². The first-order valence-electron chi connectivity index (χ1n) is 21.1. The number of H-pyrrole nitrogens is 1. The zero-order chi connectivity index (χ0) is 45.3. The van der Waals surface area contributed by atoms with E-state index in [0.717, 1.165) is 71.9 Å². The van der Waals surface area contributed by atoms with Gasteiger partial charge in [0.25, 0.3) is 5.91 Å². The number of fused-ring (bicyclic) bond motifs is 6. The number of carbonyl (C=O) groups excluding carboxylic acids is 3. The molecule has 6 aromatic carbocycles. The van der Waals surface area contributed by atoms with Crippen molar-refractivity contribution in [3.63, 3.8) is 0 Å². The van der Waals surface area contributed by atoms with Gasteiger partial charge in [0.15, 0.2) is 3.95 Å². The van der Waals surface area contributed by atoms with Crippen LogP contribution in [-0.2, 0) is 31.9 Å². The molecule has 12 nitrogen and oxygen atoms in total. The van der Waals surface area contributed by atoms with Crippen molar-refractivity contribution in [3.8, 4) is 22.3 Å². The number of rotatable bonds is 13. The number of aromatic nitrogens is 2. The van der Waals surface area contributed by atoms with Crippen LogP contribution in [0.3, 0.4) is 0 Å². The molecule has 0 fully saturated rings. The van der Waals surface area contributed by atoms with E-state index in [0.29, 0.717) is 16.8 Å². The molecule has 328 valence electrons. The van der Waals surface area contributed by atoms with Crippen LogP contribution in [0.2, 0.25) is 0 Å². The number of carbonyl (C=O) groups is 4. The summed E-state index contributed by atoms with van der Waals surface area (Å²) in [6.07, 6.45) is -0.389. The summed E-state index contributed by atoms with van der Waals surface area (Å²) in [5.74, 6) is -1.88. The second-order valence-electron chi connectivity index (χ2n) is 15.6. The Balaban J connectivity index is 0.000000181. The van der Waals surface area contributed by atoms with Gasteiger partial charge in [-0.2, -0.15) is 4.90 Å². The molecule has 2 aliphatic rings. The van der Waals surface area contributed by atoms with Gasteiger partial charge in [0.05, 0.1) is 6.04 Å². The van der Waals surface area contributed by atoms with E-state index < -0.39 is 36.1 Å². The number of aryl methyl sites for hydroxylation is 1. The van der Waals surface area contributed by atoms with Crippen molar-refractivity contribution in [1.29, 1.82) is 0 Å². The molecule has 5 N–H and O–H groups in total. The average Bonchev–Trinajstić information content (AvgIpc) is 4.01. The second kappa shape index (κ2) is 20.5. The zero-order valence-corrected chi connectivity index (χ0v) is 36.7. The van der Waals surface area contributed by atoms with Crippen LogP contribution in [-0.4, -0.2) is 64.7 Å². The summed E-state index contributed by atoms with van der Waals surface area (Å²) in [6, 6.07) is 49.2. The highest BCUT2D eigenvalue weighted by molar-refractivity contribution is 7.73. The Morgan fingerprint density at radius 2 is 1.12 bits per heavy atom. The third-order valence-corrected chi connectivity index (χ3v) is 12.6. The molecule has 2 atom stereocenters. The lowest BCUT2D eigenvalue weighted by molar-refractivity contribution is -0.139. The van der Waals surface area contributed by atoms with Gasteiger partial charge in [-0.25, -0.2) is 14.4 Å². The van der Waals surface area contributed by atoms with Crippen molar-refractivity contribution in [3.05, 3.63) is 195 Å². The molecule has 7 aromatic rings. The zero-order valence-electron chi connectivity index (χ0n) is 35.0.